The first kappa shape index (κ1) is 16.8. The first-order valence-corrected chi connectivity index (χ1v) is 9.50. The van der Waals surface area contributed by atoms with Gasteiger partial charge in [-0.05, 0) is 48.9 Å². The zero-order valence-corrected chi connectivity index (χ0v) is 15.6. The Bertz CT molecular complexity index is 922. The second-order valence-corrected chi connectivity index (χ2v) is 8.31. The van der Waals surface area contributed by atoms with Crippen LogP contribution in [0, 0.1) is 16.7 Å². The molecule has 0 spiro atoms. The molecule has 132 valence electrons. The standard InChI is InChI=1S/C20H20N4OS/c1-20(16-10-9-15(11-21)26-16)17(18(25)24(2)19(22)23-20)14-7-5-13(6-8-14)12-3-4-12/h5-10,12,17H,3-4H2,1-2H3,(H2,22,23)/t17-,20+/m0/s1. The smallest absolute Gasteiger partial charge is 0.239 e. The van der Waals surface area contributed by atoms with E-state index in [4.69, 9.17) is 5.41 Å². The van der Waals surface area contributed by atoms with Crippen LogP contribution in [0.1, 0.15) is 52.5 Å². The minimum atomic E-state index is -0.762. The summed E-state index contributed by atoms with van der Waals surface area (Å²) in [5, 5.41) is 20.6. The molecule has 2 atom stereocenters. The lowest BCUT2D eigenvalue weighted by Crippen LogP contribution is -2.62. The summed E-state index contributed by atoms with van der Waals surface area (Å²) in [5.41, 5.74) is 1.50. The van der Waals surface area contributed by atoms with Gasteiger partial charge in [0.25, 0.3) is 0 Å². The number of nitrogens with one attached hydrogen (secondary N) is 2. The highest BCUT2D eigenvalue weighted by atomic mass is 32.1. The molecule has 0 radical (unpaired) electrons. The van der Waals surface area contributed by atoms with E-state index in [0.29, 0.717) is 10.8 Å². The molecule has 4 rings (SSSR count). The van der Waals surface area contributed by atoms with Gasteiger partial charge in [0.05, 0.1) is 11.5 Å². The lowest BCUT2D eigenvalue weighted by atomic mass is 9.76. The molecule has 5 nitrogen and oxygen atoms in total. The molecule has 1 saturated heterocycles. The predicted octanol–water partition coefficient (Wildman–Crippen LogP) is 3.49. The van der Waals surface area contributed by atoms with Crippen LogP contribution in [-0.2, 0) is 10.3 Å². The van der Waals surface area contributed by atoms with Crippen LogP contribution in [0.2, 0.25) is 0 Å². The van der Waals surface area contributed by atoms with Crippen molar-refractivity contribution in [1.29, 1.82) is 10.7 Å². The van der Waals surface area contributed by atoms with E-state index in [-0.39, 0.29) is 11.9 Å². The Morgan fingerprint density at radius 2 is 1.88 bits per heavy atom. The Labute approximate surface area is 156 Å². The summed E-state index contributed by atoms with van der Waals surface area (Å²) in [6, 6.07) is 14.1. The number of nitrogens with zero attached hydrogens (tertiary/aromatic N) is 2. The third-order valence-electron chi connectivity index (χ3n) is 5.41. The third kappa shape index (κ3) is 2.60. The van der Waals surface area contributed by atoms with E-state index in [2.05, 4.69) is 23.5 Å². The molecule has 2 aromatic rings. The molecule has 2 aliphatic rings. The number of benzene rings is 1. The Hall–Kier alpha value is -2.65. The zero-order chi connectivity index (χ0) is 18.5. The molecule has 1 aromatic heterocycles. The molecule has 1 saturated carbocycles. The number of nitriles is 1. The number of amides is 1. The largest absolute Gasteiger partial charge is 0.345 e. The monoisotopic (exact) mass is 364 g/mol. The van der Waals surface area contributed by atoms with Gasteiger partial charge in [-0.25, -0.2) is 0 Å². The second kappa shape index (κ2) is 5.96. The van der Waals surface area contributed by atoms with Gasteiger partial charge < -0.3 is 5.32 Å². The van der Waals surface area contributed by atoms with E-state index in [0.717, 1.165) is 10.4 Å². The number of likely N-dealkylation sites (N-methyl/N-ethyl adjacent to an activating group) is 1. The molecule has 0 bridgehead atoms. The highest BCUT2D eigenvalue weighted by Crippen LogP contribution is 2.44. The molecule has 2 N–H and O–H groups in total. The Balaban J connectivity index is 1.79. The molecular formula is C20H20N4OS. The third-order valence-corrected chi connectivity index (χ3v) is 6.64. The van der Waals surface area contributed by atoms with Gasteiger partial charge in [0.15, 0.2) is 5.96 Å². The van der Waals surface area contributed by atoms with Crippen molar-refractivity contribution in [2.75, 3.05) is 7.05 Å². The van der Waals surface area contributed by atoms with Gasteiger partial charge in [-0.2, -0.15) is 5.26 Å². The van der Waals surface area contributed by atoms with Gasteiger partial charge in [-0.15, -0.1) is 11.3 Å². The molecule has 1 amide bonds. The summed E-state index contributed by atoms with van der Waals surface area (Å²) in [6.45, 7) is 1.94. The minimum Gasteiger partial charge on any atom is -0.345 e. The zero-order valence-electron chi connectivity index (χ0n) is 14.7. The van der Waals surface area contributed by atoms with Crippen molar-refractivity contribution >= 4 is 23.2 Å². The topological polar surface area (TPSA) is 80.0 Å². The van der Waals surface area contributed by atoms with E-state index in [1.165, 1.54) is 34.6 Å². The van der Waals surface area contributed by atoms with Crippen LogP contribution in [0.4, 0.5) is 0 Å². The van der Waals surface area contributed by atoms with Crippen molar-refractivity contribution < 1.29 is 4.79 Å². The van der Waals surface area contributed by atoms with Crippen molar-refractivity contribution in [3.8, 4) is 6.07 Å². The van der Waals surface area contributed by atoms with Crippen LogP contribution >= 0.6 is 11.3 Å². The maximum absolute atomic E-state index is 13.1. The SMILES string of the molecule is CN1C(=N)N[C@](C)(c2ccc(C#N)s2)[C@@H](c2ccc(C3CC3)cc2)C1=O. The van der Waals surface area contributed by atoms with Gasteiger partial charge >= 0.3 is 0 Å². The normalized spacial score (nSPS) is 25.7. The first-order valence-electron chi connectivity index (χ1n) is 8.68. The lowest BCUT2D eigenvalue weighted by molar-refractivity contribution is -0.131. The number of rotatable bonds is 3. The predicted molar refractivity (Wildman–Crippen MR) is 101 cm³/mol. The van der Waals surface area contributed by atoms with Crippen LogP contribution in [0.5, 0.6) is 0 Å². The van der Waals surface area contributed by atoms with Crippen LogP contribution in [0.3, 0.4) is 0 Å². The lowest BCUT2D eigenvalue weighted by Gasteiger charge is -2.45. The molecular weight excluding hydrogens is 344 g/mol. The van der Waals surface area contributed by atoms with E-state index in [9.17, 15) is 10.1 Å². The summed E-state index contributed by atoms with van der Waals surface area (Å²) in [7, 11) is 1.62. The average molecular weight is 364 g/mol. The number of guanidine groups is 1. The Morgan fingerprint density at radius 3 is 2.46 bits per heavy atom. The van der Waals surface area contributed by atoms with Crippen molar-refractivity contribution in [3.05, 3.63) is 57.3 Å². The Morgan fingerprint density at radius 1 is 1.23 bits per heavy atom. The Kier molecular flexibility index (Phi) is 3.85. The van der Waals surface area contributed by atoms with E-state index < -0.39 is 11.5 Å². The number of carbonyl (C=O) groups is 1. The van der Waals surface area contributed by atoms with Crippen molar-refractivity contribution in [2.24, 2.45) is 0 Å². The fraction of sp³-hybridized carbons (Fsp3) is 0.350. The maximum Gasteiger partial charge on any atom is 0.239 e. The van der Waals surface area contributed by atoms with Gasteiger partial charge in [0.1, 0.15) is 10.9 Å². The first-order chi connectivity index (χ1) is 12.4. The van der Waals surface area contributed by atoms with Gasteiger partial charge in [0, 0.05) is 11.9 Å². The molecule has 1 aliphatic heterocycles. The van der Waals surface area contributed by atoms with E-state index in [1.807, 2.05) is 25.1 Å². The van der Waals surface area contributed by atoms with Gasteiger partial charge in [-0.1, -0.05) is 24.3 Å². The highest BCUT2D eigenvalue weighted by molar-refractivity contribution is 7.12. The fourth-order valence-electron chi connectivity index (χ4n) is 3.69. The van der Waals surface area contributed by atoms with E-state index in [1.54, 1.807) is 13.1 Å². The minimum absolute atomic E-state index is 0.0789. The van der Waals surface area contributed by atoms with Crippen LogP contribution in [0.25, 0.3) is 0 Å². The summed E-state index contributed by atoms with van der Waals surface area (Å²) < 4.78 is 0. The van der Waals surface area contributed by atoms with Gasteiger partial charge in [0.2, 0.25) is 5.91 Å². The van der Waals surface area contributed by atoms with Gasteiger partial charge in [-0.3, -0.25) is 15.1 Å². The van der Waals surface area contributed by atoms with Crippen LogP contribution in [-0.4, -0.2) is 23.8 Å². The van der Waals surface area contributed by atoms with Crippen molar-refractivity contribution in [1.82, 2.24) is 10.2 Å². The number of hydrogen-bond acceptors (Lipinski definition) is 4. The quantitative estimate of drug-likeness (QED) is 0.875. The highest BCUT2D eigenvalue weighted by Gasteiger charge is 2.49. The molecule has 1 aliphatic carbocycles. The molecule has 2 heterocycles. The summed E-state index contributed by atoms with van der Waals surface area (Å²) >= 11 is 1.37. The molecule has 6 heteroatoms. The van der Waals surface area contributed by atoms with E-state index >= 15 is 0 Å². The second-order valence-electron chi connectivity index (χ2n) is 7.22. The molecule has 2 fully saturated rings. The maximum atomic E-state index is 13.1. The summed E-state index contributed by atoms with van der Waals surface area (Å²) in [4.78, 5) is 16.0. The van der Waals surface area contributed by atoms with Crippen molar-refractivity contribution in [3.63, 3.8) is 0 Å². The summed E-state index contributed by atoms with van der Waals surface area (Å²) in [6.07, 6.45) is 2.49. The number of carbonyl (C=O) groups excluding carboxylic acids is 1. The molecule has 26 heavy (non-hydrogen) atoms. The molecule has 0 unspecified atom stereocenters. The average Bonchev–Trinajstić information content (AvgIpc) is 3.36. The molecule has 1 aromatic carbocycles. The fourth-order valence-corrected chi connectivity index (χ4v) is 4.62. The summed E-state index contributed by atoms with van der Waals surface area (Å²) in [5.74, 6) is 0.180. The number of thiophene rings is 1. The van der Waals surface area contributed by atoms with Crippen molar-refractivity contribution in [2.45, 2.75) is 37.1 Å². The number of hydrogen-bond donors (Lipinski definition) is 2. The van der Waals surface area contributed by atoms with Crippen LogP contribution < -0.4 is 5.32 Å². The van der Waals surface area contributed by atoms with Crippen LogP contribution in [0.15, 0.2) is 36.4 Å².